The highest BCUT2D eigenvalue weighted by atomic mass is 79.9. The van der Waals surface area contributed by atoms with Crippen LogP contribution in [0.25, 0.3) is 0 Å². The van der Waals surface area contributed by atoms with Crippen LogP contribution in [0.1, 0.15) is 52.4 Å². The molecular weight excluding hydrogens is 322 g/mol. The summed E-state index contributed by atoms with van der Waals surface area (Å²) in [6.45, 7) is 4.04. The zero-order valence-corrected chi connectivity index (χ0v) is 13.8. The quantitative estimate of drug-likeness (QED) is 0.382. The van der Waals surface area contributed by atoms with Gasteiger partial charge in [-0.05, 0) is 31.1 Å². The molecule has 0 aliphatic heterocycles. The lowest BCUT2D eigenvalue weighted by molar-refractivity contribution is -0.135. The monoisotopic (exact) mass is 345 g/mol. The predicted octanol–water partition coefficient (Wildman–Crippen LogP) is 3.46. The predicted molar refractivity (Wildman–Crippen MR) is 82.6 cm³/mol. The molecule has 4 nitrogen and oxygen atoms in total. The van der Waals surface area contributed by atoms with E-state index in [0.717, 1.165) is 37.4 Å². The summed E-state index contributed by atoms with van der Waals surface area (Å²) < 4.78 is 0. The van der Waals surface area contributed by atoms with Gasteiger partial charge < -0.3 is 10.4 Å². The first-order valence-electron chi connectivity index (χ1n) is 7.19. The van der Waals surface area contributed by atoms with Crippen molar-refractivity contribution in [2.75, 3.05) is 5.33 Å². The topological polar surface area (TPSA) is 66.4 Å². The molecule has 20 heavy (non-hydrogen) atoms. The van der Waals surface area contributed by atoms with Gasteiger partial charge >= 0.3 is 5.97 Å². The number of carboxylic acids is 1. The van der Waals surface area contributed by atoms with Crippen LogP contribution < -0.4 is 5.32 Å². The van der Waals surface area contributed by atoms with Crippen LogP contribution in [0.15, 0.2) is 11.8 Å². The molecular formula is C15H24BrNO3. The Bertz CT molecular complexity index is 391. The van der Waals surface area contributed by atoms with Gasteiger partial charge in [-0.2, -0.15) is 0 Å². The van der Waals surface area contributed by atoms with Gasteiger partial charge in [0.25, 0.3) is 0 Å². The van der Waals surface area contributed by atoms with Gasteiger partial charge in [0.2, 0.25) is 5.91 Å². The lowest BCUT2D eigenvalue weighted by Crippen LogP contribution is -2.29. The van der Waals surface area contributed by atoms with Crippen molar-refractivity contribution in [1.29, 1.82) is 0 Å². The van der Waals surface area contributed by atoms with E-state index in [1.807, 2.05) is 13.8 Å². The van der Waals surface area contributed by atoms with Crippen LogP contribution in [0.5, 0.6) is 0 Å². The van der Waals surface area contributed by atoms with Crippen LogP contribution in [0.3, 0.4) is 0 Å². The summed E-state index contributed by atoms with van der Waals surface area (Å²) >= 11 is 3.38. The van der Waals surface area contributed by atoms with Gasteiger partial charge in [0.05, 0.1) is 0 Å². The van der Waals surface area contributed by atoms with E-state index in [1.54, 1.807) is 6.08 Å². The zero-order chi connectivity index (χ0) is 15.2. The van der Waals surface area contributed by atoms with Crippen molar-refractivity contribution in [3.8, 4) is 0 Å². The summed E-state index contributed by atoms with van der Waals surface area (Å²) in [6, 6.07) is 0. The van der Waals surface area contributed by atoms with E-state index in [-0.39, 0.29) is 22.9 Å². The largest absolute Gasteiger partial charge is 0.477 e. The molecule has 1 unspecified atom stereocenters. The van der Waals surface area contributed by atoms with Gasteiger partial charge in [0.15, 0.2) is 0 Å². The number of aliphatic carboxylic acids is 1. The average Bonchev–Trinajstić information content (AvgIpc) is 3.01. The minimum atomic E-state index is -1.06. The van der Waals surface area contributed by atoms with Crippen molar-refractivity contribution in [2.45, 2.75) is 52.4 Å². The van der Waals surface area contributed by atoms with Crippen molar-refractivity contribution in [2.24, 2.45) is 11.3 Å². The maximum Gasteiger partial charge on any atom is 0.352 e. The van der Waals surface area contributed by atoms with Crippen molar-refractivity contribution in [1.82, 2.24) is 5.32 Å². The highest BCUT2D eigenvalue weighted by Gasteiger charge is 2.50. The van der Waals surface area contributed by atoms with E-state index in [4.69, 9.17) is 5.11 Å². The molecule has 2 N–H and O–H groups in total. The maximum atomic E-state index is 11.9. The number of amides is 1. The first-order valence-corrected chi connectivity index (χ1v) is 8.31. The average molecular weight is 346 g/mol. The van der Waals surface area contributed by atoms with E-state index in [2.05, 4.69) is 21.2 Å². The number of allylic oxidation sites excluding steroid dienone is 1. The van der Waals surface area contributed by atoms with Gasteiger partial charge in [-0.25, -0.2) is 4.79 Å². The number of carboxylic acid groups (broad SMARTS) is 1. The molecule has 0 heterocycles. The molecule has 0 spiro atoms. The minimum Gasteiger partial charge on any atom is -0.477 e. The first kappa shape index (κ1) is 17.2. The summed E-state index contributed by atoms with van der Waals surface area (Å²) in [6.07, 6.45) is 7.47. The Kier molecular flexibility index (Phi) is 6.72. The third-order valence-corrected chi connectivity index (χ3v) is 4.32. The Morgan fingerprint density at radius 1 is 1.30 bits per heavy atom. The number of carbonyl (C=O) groups is 2. The molecule has 114 valence electrons. The fourth-order valence-corrected chi connectivity index (χ4v) is 2.56. The molecule has 1 amide bonds. The summed E-state index contributed by atoms with van der Waals surface area (Å²) in [7, 11) is 0. The SMILES string of the molecule is CC1(C)CC1C(=O)N/C(=C\CCCCCCBr)C(=O)O. The van der Waals surface area contributed by atoms with Crippen LogP contribution in [0.2, 0.25) is 0 Å². The van der Waals surface area contributed by atoms with Crippen LogP contribution in [0.4, 0.5) is 0 Å². The number of halogens is 1. The lowest BCUT2D eigenvalue weighted by atomic mass is 10.1. The number of carbonyl (C=O) groups excluding carboxylic acids is 1. The molecule has 1 atom stereocenters. The molecule has 1 saturated carbocycles. The highest BCUT2D eigenvalue weighted by molar-refractivity contribution is 9.09. The number of rotatable bonds is 9. The molecule has 0 aromatic carbocycles. The fourth-order valence-electron chi connectivity index (χ4n) is 2.17. The van der Waals surface area contributed by atoms with Gasteiger partial charge in [0, 0.05) is 11.2 Å². The minimum absolute atomic E-state index is 0.0172. The summed E-state index contributed by atoms with van der Waals surface area (Å²) in [5.74, 6) is -1.27. The van der Waals surface area contributed by atoms with Gasteiger partial charge in [-0.15, -0.1) is 0 Å². The van der Waals surface area contributed by atoms with Gasteiger partial charge in [0.1, 0.15) is 5.70 Å². The number of alkyl halides is 1. The smallest absolute Gasteiger partial charge is 0.352 e. The van der Waals surface area contributed by atoms with E-state index >= 15 is 0 Å². The fraction of sp³-hybridized carbons (Fsp3) is 0.733. The van der Waals surface area contributed by atoms with Crippen molar-refractivity contribution >= 4 is 27.8 Å². The Morgan fingerprint density at radius 2 is 1.90 bits per heavy atom. The number of hydrogen-bond acceptors (Lipinski definition) is 2. The van der Waals surface area contributed by atoms with Crippen molar-refractivity contribution in [3.63, 3.8) is 0 Å². The Labute approximate surface area is 129 Å². The third kappa shape index (κ3) is 5.65. The second kappa shape index (κ2) is 7.81. The third-order valence-electron chi connectivity index (χ3n) is 3.75. The van der Waals surface area contributed by atoms with Crippen LogP contribution in [-0.2, 0) is 9.59 Å². The van der Waals surface area contributed by atoms with E-state index in [9.17, 15) is 9.59 Å². The van der Waals surface area contributed by atoms with E-state index in [1.165, 1.54) is 0 Å². The number of hydrogen-bond donors (Lipinski definition) is 2. The second-order valence-electron chi connectivity index (χ2n) is 6.05. The molecule has 1 aliphatic carbocycles. The first-order chi connectivity index (χ1) is 9.38. The molecule has 0 aromatic rings. The Morgan fingerprint density at radius 3 is 2.40 bits per heavy atom. The van der Waals surface area contributed by atoms with Crippen LogP contribution in [-0.4, -0.2) is 22.3 Å². The van der Waals surface area contributed by atoms with Crippen LogP contribution in [0, 0.1) is 11.3 Å². The number of unbranched alkanes of at least 4 members (excludes halogenated alkanes) is 4. The van der Waals surface area contributed by atoms with Crippen LogP contribution >= 0.6 is 15.9 Å². The van der Waals surface area contributed by atoms with Gasteiger partial charge in [-0.1, -0.05) is 48.7 Å². The van der Waals surface area contributed by atoms with E-state index in [0.29, 0.717) is 6.42 Å². The van der Waals surface area contributed by atoms with Gasteiger partial charge in [-0.3, -0.25) is 4.79 Å². The molecule has 0 saturated heterocycles. The zero-order valence-electron chi connectivity index (χ0n) is 12.2. The Hall–Kier alpha value is -0.840. The molecule has 0 bridgehead atoms. The summed E-state index contributed by atoms with van der Waals surface area (Å²) in [4.78, 5) is 23.0. The number of nitrogens with one attached hydrogen (secondary N) is 1. The summed E-state index contributed by atoms with van der Waals surface area (Å²) in [5, 5.41) is 12.7. The molecule has 5 heteroatoms. The summed E-state index contributed by atoms with van der Waals surface area (Å²) in [5.41, 5.74) is 0.0433. The normalized spacial score (nSPS) is 20.6. The molecule has 0 aromatic heterocycles. The maximum absolute atomic E-state index is 11.9. The standard InChI is InChI=1S/C15H24BrNO3/c1-15(2)10-11(15)13(18)17-12(14(19)20)8-6-4-3-5-7-9-16/h8,11H,3-7,9-10H2,1-2H3,(H,17,18)(H,19,20)/b12-8-. The molecule has 0 radical (unpaired) electrons. The molecule has 1 rings (SSSR count). The Balaban J connectivity index is 2.36. The second-order valence-corrected chi connectivity index (χ2v) is 6.84. The molecule has 1 fully saturated rings. The van der Waals surface area contributed by atoms with E-state index < -0.39 is 5.97 Å². The van der Waals surface area contributed by atoms with Crippen molar-refractivity contribution in [3.05, 3.63) is 11.8 Å². The van der Waals surface area contributed by atoms with Crippen molar-refractivity contribution < 1.29 is 14.7 Å². The lowest BCUT2D eigenvalue weighted by Gasteiger charge is -2.07. The molecule has 1 aliphatic rings. The highest BCUT2D eigenvalue weighted by Crippen LogP contribution is 2.51.